The van der Waals surface area contributed by atoms with Gasteiger partial charge in [-0.25, -0.2) is 9.59 Å². The Hall–Kier alpha value is -1.51. The number of carbonyl (C=O) groups is 2. The number of hydrogen-bond acceptors (Lipinski definition) is 2. The molecule has 0 N–H and O–H groups in total. The van der Waals surface area contributed by atoms with E-state index in [1.54, 1.807) is 33.7 Å². The molecule has 0 aromatic heterocycles. The number of urea groups is 2. The van der Waals surface area contributed by atoms with Crippen molar-refractivity contribution in [1.29, 1.82) is 0 Å². The number of nitrogens with zero attached hydrogens (tertiary/aromatic N) is 4. The van der Waals surface area contributed by atoms with Crippen LogP contribution in [0, 0.1) is 9.49 Å². The van der Waals surface area contributed by atoms with Crippen LogP contribution in [-0.2, 0) is 5.66 Å². The molecule has 2 aliphatic rings. The van der Waals surface area contributed by atoms with Crippen molar-refractivity contribution in [2.24, 2.45) is 5.92 Å². The summed E-state index contributed by atoms with van der Waals surface area (Å²) < 4.78 is 1.13. The van der Waals surface area contributed by atoms with Gasteiger partial charge in [-0.1, -0.05) is 12.1 Å². The maximum atomic E-state index is 12.7. The van der Waals surface area contributed by atoms with Crippen LogP contribution in [0.4, 0.5) is 9.59 Å². The van der Waals surface area contributed by atoms with Crippen molar-refractivity contribution in [1.82, 2.24) is 19.6 Å². The molecule has 0 aliphatic carbocycles. The molecule has 7 heteroatoms. The number of hydrogen-bond donors (Lipinski definition) is 0. The van der Waals surface area contributed by atoms with Crippen molar-refractivity contribution in [3.63, 3.8) is 0 Å². The lowest BCUT2D eigenvalue weighted by Crippen LogP contribution is -2.75. The van der Waals surface area contributed by atoms with Crippen molar-refractivity contribution in [2.45, 2.75) is 5.66 Å². The fourth-order valence-electron chi connectivity index (χ4n) is 4.02. The van der Waals surface area contributed by atoms with Gasteiger partial charge in [-0.05, 0) is 40.3 Å². The minimum Gasteiger partial charge on any atom is -0.327 e. The zero-order chi connectivity index (χ0) is 16.9. The first-order valence-corrected chi connectivity index (χ1v) is 8.62. The fraction of sp³-hybridized carbons (Fsp3) is 0.500. The van der Waals surface area contributed by atoms with E-state index in [0.717, 1.165) is 9.13 Å². The van der Waals surface area contributed by atoms with Gasteiger partial charge in [0.1, 0.15) is 0 Å². The van der Waals surface area contributed by atoms with E-state index in [9.17, 15) is 9.59 Å². The van der Waals surface area contributed by atoms with Crippen molar-refractivity contribution in [3.05, 3.63) is 33.4 Å². The Balaban J connectivity index is 2.20. The van der Waals surface area contributed by atoms with Crippen molar-refractivity contribution in [2.75, 3.05) is 41.3 Å². The predicted octanol–water partition coefficient (Wildman–Crippen LogP) is 2.05. The van der Waals surface area contributed by atoms with Crippen LogP contribution in [0.15, 0.2) is 24.3 Å². The standard InChI is InChI=1S/C16H21IN4O2/c1-18-9-12-10-19(2)15(23)21(4)16(12,20(3)14(18)22)11-5-7-13(17)8-6-11/h5-8,12H,9-10H2,1-4H3. The highest BCUT2D eigenvalue weighted by molar-refractivity contribution is 14.1. The third-order valence-electron chi connectivity index (χ3n) is 5.08. The molecule has 0 spiro atoms. The Kier molecular flexibility index (Phi) is 3.94. The first-order valence-electron chi connectivity index (χ1n) is 7.54. The minimum absolute atomic E-state index is 0.0657. The molecule has 6 nitrogen and oxygen atoms in total. The highest BCUT2D eigenvalue weighted by Crippen LogP contribution is 2.45. The molecule has 0 atom stereocenters. The summed E-state index contributed by atoms with van der Waals surface area (Å²) in [7, 11) is 7.20. The summed E-state index contributed by atoms with van der Waals surface area (Å²) in [6, 6.07) is 7.97. The average Bonchev–Trinajstić information content (AvgIpc) is 2.52. The van der Waals surface area contributed by atoms with Gasteiger partial charge in [0.15, 0.2) is 5.66 Å². The first kappa shape index (κ1) is 16.4. The Morgan fingerprint density at radius 1 is 0.913 bits per heavy atom. The Morgan fingerprint density at radius 3 is 1.78 bits per heavy atom. The van der Waals surface area contributed by atoms with E-state index in [0.29, 0.717) is 13.1 Å². The summed E-state index contributed by atoms with van der Waals surface area (Å²) in [5.74, 6) is 0.114. The lowest BCUT2D eigenvalue weighted by atomic mass is 9.79. The molecule has 0 bridgehead atoms. The van der Waals surface area contributed by atoms with Crippen LogP contribution in [0.2, 0.25) is 0 Å². The molecule has 0 unspecified atom stereocenters. The highest BCUT2D eigenvalue weighted by atomic mass is 127. The maximum absolute atomic E-state index is 12.7. The molecule has 0 saturated carbocycles. The smallest absolute Gasteiger partial charge is 0.321 e. The molecule has 124 valence electrons. The van der Waals surface area contributed by atoms with E-state index in [1.807, 2.05) is 38.4 Å². The third-order valence-corrected chi connectivity index (χ3v) is 5.80. The number of amides is 4. The van der Waals surface area contributed by atoms with Crippen LogP contribution in [0.3, 0.4) is 0 Å². The zero-order valence-electron chi connectivity index (χ0n) is 13.8. The maximum Gasteiger partial charge on any atom is 0.321 e. The second-order valence-electron chi connectivity index (χ2n) is 6.37. The van der Waals surface area contributed by atoms with Crippen LogP contribution in [0.5, 0.6) is 0 Å². The Bertz CT molecular complexity index is 618. The van der Waals surface area contributed by atoms with Crippen LogP contribution >= 0.6 is 22.6 Å². The lowest BCUT2D eigenvalue weighted by Gasteiger charge is -2.60. The summed E-state index contributed by atoms with van der Waals surface area (Å²) in [4.78, 5) is 32.2. The van der Waals surface area contributed by atoms with Gasteiger partial charge in [0.05, 0.1) is 0 Å². The van der Waals surface area contributed by atoms with Crippen LogP contribution < -0.4 is 0 Å². The molecule has 1 aromatic carbocycles. The molecule has 23 heavy (non-hydrogen) atoms. The molecular weight excluding hydrogens is 407 g/mol. The SMILES string of the molecule is CN1CC2CN(C)C(=O)N(C)C2(c2ccc(I)cc2)N(C)C1=O. The van der Waals surface area contributed by atoms with Crippen LogP contribution in [0.1, 0.15) is 5.56 Å². The lowest BCUT2D eigenvalue weighted by molar-refractivity contribution is -0.101. The number of rotatable bonds is 1. The molecule has 3 rings (SSSR count). The topological polar surface area (TPSA) is 47.1 Å². The molecule has 4 amide bonds. The van der Waals surface area contributed by atoms with E-state index in [1.165, 1.54) is 0 Å². The van der Waals surface area contributed by atoms with E-state index in [4.69, 9.17) is 0 Å². The summed E-state index contributed by atoms with van der Waals surface area (Å²) in [5.41, 5.74) is 0.244. The summed E-state index contributed by atoms with van der Waals surface area (Å²) in [6.07, 6.45) is 0. The van der Waals surface area contributed by atoms with Crippen molar-refractivity contribution < 1.29 is 9.59 Å². The molecule has 0 radical (unpaired) electrons. The van der Waals surface area contributed by atoms with E-state index in [-0.39, 0.29) is 18.0 Å². The molecule has 2 heterocycles. The normalized spacial score (nSPS) is 28.3. The van der Waals surface area contributed by atoms with Gasteiger partial charge in [-0.15, -0.1) is 0 Å². The highest BCUT2D eigenvalue weighted by Gasteiger charge is 2.58. The van der Waals surface area contributed by atoms with Gasteiger partial charge in [0, 0.05) is 50.8 Å². The third kappa shape index (κ3) is 2.20. The average molecular weight is 428 g/mol. The molecule has 1 aromatic rings. The summed E-state index contributed by atoms with van der Waals surface area (Å²) in [5, 5.41) is 0. The molecular formula is C16H21IN4O2. The number of halogens is 1. The van der Waals surface area contributed by atoms with E-state index >= 15 is 0 Å². The Labute approximate surface area is 150 Å². The van der Waals surface area contributed by atoms with Crippen molar-refractivity contribution >= 4 is 34.7 Å². The van der Waals surface area contributed by atoms with Crippen molar-refractivity contribution in [3.8, 4) is 0 Å². The van der Waals surface area contributed by atoms with Gasteiger partial charge < -0.3 is 9.80 Å². The minimum atomic E-state index is -0.739. The molecule has 2 fully saturated rings. The summed E-state index contributed by atoms with van der Waals surface area (Å²) in [6.45, 7) is 1.24. The van der Waals surface area contributed by atoms with Gasteiger partial charge in [0.25, 0.3) is 0 Å². The zero-order valence-corrected chi connectivity index (χ0v) is 15.9. The molecule has 2 aliphatic heterocycles. The second-order valence-corrected chi connectivity index (χ2v) is 7.62. The quantitative estimate of drug-likeness (QED) is 0.644. The fourth-order valence-corrected chi connectivity index (χ4v) is 4.38. The monoisotopic (exact) mass is 428 g/mol. The Morgan fingerprint density at radius 2 is 1.35 bits per heavy atom. The molecule has 2 saturated heterocycles. The van der Waals surface area contributed by atoms with Crippen LogP contribution in [0.25, 0.3) is 0 Å². The predicted molar refractivity (Wildman–Crippen MR) is 95.9 cm³/mol. The first-order chi connectivity index (χ1) is 10.8. The van der Waals surface area contributed by atoms with Gasteiger partial charge in [0.2, 0.25) is 0 Å². The number of fused-ring (bicyclic) bond motifs is 1. The summed E-state index contributed by atoms with van der Waals surface area (Å²) >= 11 is 2.26. The second kappa shape index (κ2) is 5.54. The van der Waals surface area contributed by atoms with Crippen LogP contribution in [-0.4, -0.2) is 72.9 Å². The number of carbonyl (C=O) groups excluding carboxylic acids is 2. The van der Waals surface area contributed by atoms with Gasteiger partial charge >= 0.3 is 12.1 Å². The van der Waals surface area contributed by atoms with E-state index in [2.05, 4.69) is 22.6 Å². The van der Waals surface area contributed by atoms with Gasteiger partial charge in [-0.3, -0.25) is 9.80 Å². The largest absolute Gasteiger partial charge is 0.327 e. The number of benzene rings is 1. The van der Waals surface area contributed by atoms with E-state index < -0.39 is 5.66 Å². The van der Waals surface area contributed by atoms with Gasteiger partial charge in [-0.2, -0.15) is 0 Å².